The highest BCUT2D eigenvalue weighted by Gasteiger charge is 2.26. The maximum Gasteiger partial charge on any atom is 0.374 e. The Morgan fingerprint density at radius 2 is 2.25 bits per heavy atom. The van der Waals surface area contributed by atoms with Crippen LogP contribution in [0.2, 0.25) is 0 Å². The summed E-state index contributed by atoms with van der Waals surface area (Å²) in [5.74, 6) is -0.220. The third-order valence-electron chi connectivity index (χ3n) is 2.57. The molecule has 0 aliphatic carbocycles. The molecule has 0 aromatic heterocycles. The van der Waals surface area contributed by atoms with Crippen molar-refractivity contribution in [3.63, 3.8) is 0 Å². The third-order valence-corrected chi connectivity index (χ3v) is 2.57. The van der Waals surface area contributed by atoms with E-state index in [-0.39, 0.29) is 34.8 Å². The van der Waals surface area contributed by atoms with E-state index in [0.717, 1.165) is 18.2 Å². The van der Waals surface area contributed by atoms with Crippen molar-refractivity contribution in [1.82, 2.24) is 0 Å². The van der Waals surface area contributed by atoms with Crippen LogP contribution >= 0.6 is 0 Å². The number of carbonyl (C=O) groups excluding carboxylic acids is 3. The molecule has 0 atom stereocenters. The second-order valence-electron chi connectivity index (χ2n) is 3.84. The maximum absolute atomic E-state index is 13.4. The molecule has 1 aromatic rings. The number of ether oxygens (including phenoxy) is 2. The molecule has 1 aromatic carbocycles. The summed E-state index contributed by atoms with van der Waals surface area (Å²) < 4.78 is 23.4. The van der Waals surface area contributed by atoms with Crippen molar-refractivity contribution in [1.29, 1.82) is 0 Å². The van der Waals surface area contributed by atoms with Crippen LogP contribution in [0.4, 0.5) is 4.39 Å². The van der Waals surface area contributed by atoms with Crippen LogP contribution in [0.1, 0.15) is 22.8 Å². The zero-order valence-electron chi connectivity index (χ0n) is 10.4. The van der Waals surface area contributed by atoms with Crippen molar-refractivity contribution >= 4 is 23.8 Å². The average molecular weight is 276 g/mol. The molecular formula is C14H9FO5. The Bertz CT molecular complexity index is 668. The lowest BCUT2D eigenvalue weighted by Gasteiger charge is -2.19. The molecule has 20 heavy (non-hydrogen) atoms. The molecule has 1 heterocycles. The maximum atomic E-state index is 13.4. The molecule has 2 rings (SSSR count). The number of aldehydes is 1. The van der Waals surface area contributed by atoms with Gasteiger partial charge in [-0.25, -0.2) is 14.0 Å². The van der Waals surface area contributed by atoms with Gasteiger partial charge in [0.15, 0.2) is 6.29 Å². The van der Waals surface area contributed by atoms with E-state index < -0.39 is 11.8 Å². The van der Waals surface area contributed by atoms with Gasteiger partial charge in [-0.05, 0) is 19.1 Å². The molecule has 0 saturated heterocycles. The van der Waals surface area contributed by atoms with Crippen molar-refractivity contribution in [2.45, 2.75) is 6.92 Å². The van der Waals surface area contributed by atoms with E-state index in [2.05, 4.69) is 0 Å². The lowest BCUT2D eigenvalue weighted by Crippen LogP contribution is -2.17. The number of carbonyl (C=O) groups is 2. The van der Waals surface area contributed by atoms with Crippen LogP contribution in [0.25, 0.3) is 5.57 Å². The fourth-order valence-corrected chi connectivity index (χ4v) is 1.75. The zero-order valence-corrected chi connectivity index (χ0v) is 10.4. The molecule has 0 spiro atoms. The van der Waals surface area contributed by atoms with Gasteiger partial charge >= 0.3 is 5.97 Å². The summed E-state index contributed by atoms with van der Waals surface area (Å²) in [6.07, 6.45) is 1.47. The number of benzene rings is 1. The predicted octanol–water partition coefficient (Wildman–Crippen LogP) is 1.69. The summed E-state index contributed by atoms with van der Waals surface area (Å²) in [6, 6.07) is 1.98. The molecule has 0 saturated carbocycles. The number of allylic oxidation sites excluding steroid dienone is 2. The highest BCUT2D eigenvalue weighted by Crippen LogP contribution is 2.35. The third kappa shape index (κ3) is 2.37. The number of fused-ring (bicyclic) bond motifs is 1. The van der Waals surface area contributed by atoms with Gasteiger partial charge in [-0.3, -0.25) is 4.79 Å². The minimum absolute atomic E-state index is 0.0645. The Labute approximate surface area is 113 Å². The summed E-state index contributed by atoms with van der Waals surface area (Å²) in [5.41, 5.74) is -0.130. The van der Waals surface area contributed by atoms with Crippen molar-refractivity contribution < 1.29 is 28.2 Å². The number of hydrogen-bond acceptors (Lipinski definition) is 5. The van der Waals surface area contributed by atoms with Crippen molar-refractivity contribution in [3.8, 4) is 5.75 Å². The Morgan fingerprint density at radius 1 is 1.50 bits per heavy atom. The Kier molecular flexibility index (Phi) is 3.77. The highest BCUT2D eigenvalue weighted by atomic mass is 19.1. The van der Waals surface area contributed by atoms with Gasteiger partial charge in [0.1, 0.15) is 17.5 Å². The van der Waals surface area contributed by atoms with Gasteiger partial charge in [0.05, 0.1) is 17.7 Å². The van der Waals surface area contributed by atoms with Crippen LogP contribution < -0.4 is 4.74 Å². The molecule has 0 radical (unpaired) electrons. The van der Waals surface area contributed by atoms with Crippen LogP contribution in [0.3, 0.4) is 0 Å². The van der Waals surface area contributed by atoms with Crippen LogP contribution in [0.5, 0.6) is 5.75 Å². The van der Waals surface area contributed by atoms with Crippen molar-refractivity contribution in [2.75, 3.05) is 6.61 Å². The van der Waals surface area contributed by atoms with Crippen molar-refractivity contribution in [3.05, 3.63) is 40.9 Å². The smallest absolute Gasteiger partial charge is 0.374 e. The first-order valence-corrected chi connectivity index (χ1v) is 5.71. The largest absolute Gasteiger partial charge is 0.460 e. The van der Waals surface area contributed by atoms with E-state index >= 15 is 0 Å². The highest BCUT2D eigenvalue weighted by molar-refractivity contribution is 6.03. The summed E-state index contributed by atoms with van der Waals surface area (Å²) in [7, 11) is 0. The number of hydrogen-bond donors (Lipinski definition) is 0. The van der Waals surface area contributed by atoms with Crippen LogP contribution in [-0.4, -0.2) is 24.8 Å². The van der Waals surface area contributed by atoms with Gasteiger partial charge in [0.2, 0.25) is 5.76 Å². The SMILES string of the molecule is CCOC(=O)C1=CC(=C=O)c2cc(F)cc(C=O)c2O1. The van der Waals surface area contributed by atoms with Crippen molar-refractivity contribution in [2.24, 2.45) is 0 Å². The summed E-state index contributed by atoms with van der Waals surface area (Å²) in [4.78, 5) is 33.5. The minimum Gasteiger partial charge on any atom is -0.460 e. The van der Waals surface area contributed by atoms with Gasteiger partial charge in [-0.1, -0.05) is 0 Å². The van der Waals surface area contributed by atoms with E-state index in [0.29, 0.717) is 6.29 Å². The lowest BCUT2D eigenvalue weighted by atomic mass is 9.99. The summed E-state index contributed by atoms with van der Waals surface area (Å²) >= 11 is 0. The molecule has 0 N–H and O–H groups in total. The monoisotopic (exact) mass is 276 g/mol. The van der Waals surface area contributed by atoms with Crippen LogP contribution in [0, 0.1) is 5.82 Å². The molecule has 0 amide bonds. The molecule has 102 valence electrons. The van der Waals surface area contributed by atoms with E-state index in [9.17, 15) is 18.8 Å². The average Bonchev–Trinajstić information content (AvgIpc) is 2.45. The van der Waals surface area contributed by atoms with Gasteiger partial charge in [0, 0.05) is 11.6 Å². The molecule has 0 unspecified atom stereocenters. The predicted molar refractivity (Wildman–Crippen MR) is 66.2 cm³/mol. The van der Waals surface area contributed by atoms with E-state index in [1.54, 1.807) is 12.9 Å². The van der Waals surface area contributed by atoms with Gasteiger partial charge < -0.3 is 9.47 Å². The first-order valence-electron chi connectivity index (χ1n) is 5.71. The Balaban J connectivity index is 2.57. The first-order chi connectivity index (χ1) is 9.60. The lowest BCUT2D eigenvalue weighted by molar-refractivity contribution is -0.141. The van der Waals surface area contributed by atoms with E-state index in [4.69, 9.17) is 9.47 Å². The fraction of sp³-hybridized carbons (Fsp3) is 0.143. The minimum atomic E-state index is -0.785. The fourth-order valence-electron chi connectivity index (χ4n) is 1.75. The second-order valence-corrected chi connectivity index (χ2v) is 3.84. The molecule has 6 heteroatoms. The normalized spacial score (nSPS) is 12.7. The van der Waals surface area contributed by atoms with E-state index in [1.165, 1.54) is 0 Å². The zero-order chi connectivity index (χ0) is 14.7. The van der Waals surface area contributed by atoms with Crippen LogP contribution in [-0.2, 0) is 14.3 Å². The Hall–Kier alpha value is -2.72. The number of rotatable bonds is 3. The molecule has 0 bridgehead atoms. The molecule has 0 fully saturated rings. The standard InChI is InChI=1S/C14H9FO5/c1-2-19-14(18)12-4-8(6-16)11-5-10(15)3-9(7-17)13(11)20-12/h3-5,7H,2H2,1H3. The number of esters is 1. The second kappa shape index (κ2) is 5.50. The quantitative estimate of drug-likeness (QED) is 0.477. The topological polar surface area (TPSA) is 69.7 Å². The molecule has 1 aliphatic heterocycles. The summed E-state index contributed by atoms with van der Waals surface area (Å²) in [5, 5.41) is 0. The van der Waals surface area contributed by atoms with E-state index in [1.807, 2.05) is 0 Å². The van der Waals surface area contributed by atoms with Gasteiger partial charge in [-0.2, -0.15) is 0 Å². The number of halogens is 1. The molecule has 5 nitrogen and oxygen atoms in total. The van der Waals surface area contributed by atoms with Crippen LogP contribution in [0.15, 0.2) is 24.0 Å². The van der Waals surface area contributed by atoms with Gasteiger partial charge in [-0.15, -0.1) is 0 Å². The first kappa shape index (κ1) is 13.7. The van der Waals surface area contributed by atoms with Gasteiger partial charge in [0.25, 0.3) is 0 Å². The molecular weight excluding hydrogens is 267 g/mol. The molecule has 1 aliphatic rings. The summed E-state index contributed by atoms with van der Waals surface area (Å²) in [6.45, 7) is 1.73. The Morgan fingerprint density at radius 3 is 2.85 bits per heavy atom.